The first kappa shape index (κ1) is 19.1. The zero-order chi connectivity index (χ0) is 17.7. The summed E-state index contributed by atoms with van der Waals surface area (Å²) in [4.78, 5) is 14.0. The molecule has 0 bridgehead atoms. The van der Waals surface area contributed by atoms with Crippen LogP contribution in [-0.2, 0) is 4.74 Å². The maximum atomic E-state index is 12.3. The van der Waals surface area contributed by atoms with Crippen LogP contribution in [0.1, 0.15) is 32.3 Å². The van der Waals surface area contributed by atoms with Crippen LogP contribution >= 0.6 is 23.2 Å². The van der Waals surface area contributed by atoms with E-state index >= 15 is 0 Å². The van der Waals surface area contributed by atoms with Crippen LogP contribution in [0.15, 0.2) is 24.3 Å². The molecule has 4 nitrogen and oxygen atoms in total. The van der Waals surface area contributed by atoms with Crippen molar-refractivity contribution in [2.24, 2.45) is 5.92 Å². The summed E-state index contributed by atoms with van der Waals surface area (Å²) in [5, 5.41) is 10.4. The first-order chi connectivity index (χ1) is 11.4. The lowest BCUT2D eigenvalue weighted by Crippen LogP contribution is -2.43. The maximum absolute atomic E-state index is 12.3. The van der Waals surface area contributed by atoms with Crippen molar-refractivity contribution in [3.8, 4) is 0 Å². The van der Waals surface area contributed by atoms with Gasteiger partial charge in [0.15, 0.2) is 0 Å². The van der Waals surface area contributed by atoms with Gasteiger partial charge in [-0.2, -0.15) is 0 Å². The van der Waals surface area contributed by atoms with Crippen molar-refractivity contribution in [3.05, 3.63) is 39.9 Å². The number of amides is 1. The molecule has 1 amide bonds. The molecule has 6 heteroatoms. The molecule has 0 radical (unpaired) electrons. The average Bonchev–Trinajstić information content (AvgIpc) is 2.55. The zero-order valence-electron chi connectivity index (χ0n) is 14.0. The van der Waals surface area contributed by atoms with Crippen LogP contribution in [0.2, 0.25) is 10.0 Å². The monoisotopic (exact) mass is 371 g/mol. The Labute approximate surface area is 153 Å². The highest BCUT2D eigenvalue weighted by Crippen LogP contribution is 2.31. The molecule has 1 atom stereocenters. The van der Waals surface area contributed by atoms with Crippen molar-refractivity contribution in [1.82, 2.24) is 4.90 Å². The second-order valence-electron chi connectivity index (χ2n) is 6.31. The lowest BCUT2D eigenvalue weighted by molar-refractivity contribution is 0.0786. The lowest BCUT2D eigenvalue weighted by Gasteiger charge is -2.34. The molecule has 0 aromatic heterocycles. The highest BCUT2D eigenvalue weighted by atomic mass is 35.5. The van der Waals surface area contributed by atoms with Crippen molar-refractivity contribution >= 4 is 34.9 Å². The van der Waals surface area contributed by atoms with E-state index in [0.29, 0.717) is 36.0 Å². The molecule has 1 heterocycles. The lowest BCUT2D eigenvalue weighted by atomic mass is 9.95. The van der Waals surface area contributed by atoms with E-state index in [0.717, 1.165) is 11.1 Å². The standard InChI is InChI=1S/C18H23Cl2NO3/c1-12(2)11-24-18(23)21-7-5-14(9-15(21)6-8-22)13-3-4-16(19)17(20)10-13/h3-4,9-10,12,15,22H,5-8,11H2,1-2H3. The second kappa shape index (κ2) is 8.75. The van der Waals surface area contributed by atoms with Crippen LogP contribution in [-0.4, -0.2) is 41.9 Å². The average molecular weight is 372 g/mol. The number of rotatable bonds is 5. The minimum atomic E-state index is -0.327. The fourth-order valence-corrected chi connectivity index (χ4v) is 2.97. The Bertz CT molecular complexity index is 616. The number of carbonyl (C=O) groups is 1. The molecule has 0 fully saturated rings. The third kappa shape index (κ3) is 4.88. The van der Waals surface area contributed by atoms with Gasteiger partial charge in [0.1, 0.15) is 0 Å². The molecule has 1 unspecified atom stereocenters. The van der Waals surface area contributed by atoms with E-state index in [2.05, 4.69) is 0 Å². The van der Waals surface area contributed by atoms with E-state index < -0.39 is 0 Å². The van der Waals surface area contributed by atoms with Gasteiger partial charge in [-0.05, 0) is 42.0 Å². The third-order valence-corrected chi connectivity index (χ3v) is 4.64. The van der Waals surface area contributed by atoms with E-state index in [1.54, 1.807) is 11.0 Å². The number of halogens is 2. The fraction of sp³-hybridized carbons (Fsp3) is 0.500. The number of benzene rings is 1. The number of carbonyl (C=O) groups excluding carboxylic acids is 1. The molecular weight excluding hydrogens is 349 g/mol. The third-order valence-electron chi connectivity index (χ3n) is 3.91. The molecule has 1 aliphatic rings. The van der Waals surface area contributed by atoms with Gasteiger partial charge < -0.3 is 14.7 Å². The van der Waals surface area contributed by atoms with Crippen LogP contribution in [0, 0.1) is 5.92 Å². The van der Waals surface area contributed by atoms with Gasteiger partial charge in [0.05, 0.1) is 22.7 Å². The summed E-state index contributed by atoms with van der Waals surface area (Å²) < 4.78 is 5.33. The summed E-state index contributed by atoms with van der Waals surface area (Å²) in [5.74, 6) is 0.289. The van der Waals surface area contributed by atoms with Crippen LogP contribution in [0.5, 0.6) is 0 Å². The fourth-order valence-electron chi connectivity index (χ4n) is 2.67. The Balaban J connectivity index is 2.17. The molecule has 1 aromatic carbocycles. The van der Waals surface area contributed by atoms with E-state index in [-0.39, 0.29) is 24.7 Å². The first-order valence-electron chi connectivity index (χ1n) is 8.12. The van der Waals surface area contributed by atoms with Crippen molar-refractivity contribution in [1.29, 1.82) is 0 Å². The summed E-state index contributed by atoms with van der Waals surface area (Å²) in [6.07, 6.45) is 2.86. The Morgan fingerprint density at radius 3 is 2.75 bits per heavy atom. The number of hydrogen-bond acceptors (Lipinski definition) is 3. The molecule has 1 aromatic rings. The SMILES string of the molecule is CC(C)COC(=O)N1CCC(c2ccc(Cl)c(Cl)c2)=CC1CCO. The predicted molar refractivity (Wildman–Crippen MR) is 97.4 cm³/mol. The molecule has 24 heavy (non-hydrogen) atoms. The number of aliphatic hydroxyl groups excluding tert-OH is 1. The van der Waals surface area contributed by atoms with Crippen LogP contribution in [0.25, 0.3) is 5.57 Å². The molecule has 2 rings (SSSR count). The van der Waals surface area contributed by atoms with Crippen molar-refractivity contribution in [2.45, 2.75) is 32.7 Å². The summed E-state index contributed by atoms with van der Waals surface area (Å²) in [5.41, 5.74) is 2.09. The minimum Gasteiger partial charge on any atom is -0.449 e. The van der Waals surface area contributed by atoms with Gasteiger partial charge in [-0.3, -0.25) is 0 Å². The Kier molecular flexibility index (Phi) is 6.96. The Hall–Kier alpha value is -1.23. The topological polar surface area (TPSA) is 49.8 Å². The smallest absolute Gasteiger partial charge is 0.410 e. The van der Waals surface area contributed by atoms with Crippen molar-refractivity contribution in [2.75, 3.05) is 19.8 Å². The van der Waals surface area contributed by atoms with Gasteiger partial charge in [-0.25, -0.2) is 4.79 Å². The van der Waals surface area contributed by atoms with Crippen molar-refractivity contribution in [3.63, 3.8) is 0 Å². The Morgan fingerprint density at radius 2 is 2.12 bits per heavy atom. The van der Waals surface area contributed by atoms with Gasteiger partial charge in [0.2, 0.25) is 0 Å². The highest BCUT2D eigenvalue weighted by molar-refractivity contribution is 6.42. The van der Waals surface area contributed by atoms with Gasteiger partial charge in [-0.15, -0.1) is 0 Å². The molecule has 0 saturated heterocycles. The molecular formula is C18H23Cl2NO3. The van der Waals surface area contributed by atoms with Gasteiger partial charge >= 0.3 is 6.09 Å². The molecule has 1 aliphatic heterocycles. The van der Waals surface area contributed by atoms with E-state index in [9.17, 15) is 9.90 Å². The van der Waals surface area contributed by atoms with E-state index in [4.69, 9.17) is 27.9 Å². The Morgan fingerprint density at radius 1 is 1.38 bits per heavy atom. The number of aliphatic hydroxyl groups is 1. The molecule has 0 aliphatic carbocycles. The minimum absolute atomic E-state index is 0.00375. The molecule has 1 N–H and O–H groups in total. The summed E-state index contributed by atoms with van der Waals surface area (Å²) in [6.45, 7) is 4.94. The molecule has 132 valence electrons. The van der Waals surface area contributed by atoms with E-state index in [1.807, 2.05) is 32.1 Å². The predicted octanol–water partition coefficient (Wildman–Crippen LogP) is 4.63. The second-order valence-corrected chi connectivity index (χ2v) is 7.13. The summed E-state index contributed by atoms with van der Waals surface area (Å²) in [6, 6.07) is 5.33. The summed E-state index contributed by atoms with van der Waals surface area (Å²) in [7, 11) is 0. The molecule has 0 spiro atoms. The normalized spacial score (nSPS) is 17.8. The highest BCUT2D eigenvalue weighted by Gasteiger charge is 2.27. The van der Waals surface area contributed by atoms with Crippen LogP contribution in [0.4, 0.5) is 4.79 Å². The van der Waals surface area contributed by atoms with Crippen LogP contribution in [0.3, 0.4) is 0 Å². The number of nitrogens with zero attached hydrogens (tertiary/aromatic N) is 1. The van der Waals surface area contributed by atoms with Gasteiger partial charge in [0, 0.05) is 13.2 Å². The van der Waals surface area contributed by atoms with Crippen molar-refractivity contribution < 1.29 is 14.6 Å². The molecule has 0 saturated carbocycles. The quantitative estimate of drug-likeness (QED) is 0.820. The number of ether oxygens (including phenoxy) is 1. The zero-order valence-corrected chi connectivity index (χ0v) is 15.5. The summed E-state index contributed by atoms with van der Waals surface area (Å²) >= 11 is 12.1. The maximum Gasteiger partial charge on any atom is 0.410 e. The van der Waals surface area contributed by atoms with Gasteiger partial charge in [0.25, 0.3) is 0 Å². The first-order valence-corrected chi connectivity index (χ1v) is 8.88. The van der Waals surface area contributed by atoms with E-state index in [1.165, 1.54) is 0 Å². The number of hydrogen-bond donors (Lipinski definition) is 1. The van der Waals surface area contributed by atoms with Crippen LogP contribution < -0.4 is 0 Å². The van der Waals surface area contributed by atoms with Gasteiger partial charge in [-0.1, -0.05) is 49.2 Å². The largest absolute Gasteiger partial charge is 0.449 e.